The number of methoxy groups -OCH3 is 2. The minimum absolute atomic E-state index is 0.307. The van der Waals surface area contributed by atoms with E-state index in [1.54, 1.807) is 12.1 Å². The molecule has 0 fully saturated rings. The quantitative estimate of drug-likeness (QED) is 0.102. The zero-order valence-corrected chi connectivity index (χ0v) is 26.6. The zero-order chi connectivity index (χ0) is 33.5. The Labute approximate surface area is 263 Å². The molecular formula is C32H34O11S2. The van der Waals surface area contributed by atoms with Crippen LogP contribution in [0.25, 0.3) is 0 Å². The van der Waals surface area contributed by atoms with E-state index in [0.29, 0.717) is 0 Å². The summed E-state index contributed by atoms with van der Waals surface area (Å²) < 4.78 is 77.4. The summed E-state index contributed by atoms with van der Waals surface area (Å²) in [7, 11) is -7.66. The fourth-order valence-corrected chi connectivity index (χ4v) is 10.9. The van der Waals surface area contributed by atoms with Crippen LogP contribution < -0.4 is 0 Å². The summed E-state index contributed by atoms with van der Waals surface area (Å²) in [6, 6.07) is 14.0. The molecule has 1 aliphatic rings. The van der Waals surface area contributed by atoms with Crippen molar-refractivity contribution in [2.45, 2.75) is 45.8 Å². The Morgan fingerprint density at radius 3 is 1.80 bits per heavy atom. The molecular weight excluding hydrogens is 624 g/mol. The van der Waals surface area contributed by atoms with Crippen LogP contribution >= 0.6 is 0 Å². The second kappa shape index (κ2) is 14.2. The number of esters is 3. The number of hydrogen-bond donors (Lipinski definition) is 0. The maximum Gasteiger partial charge on any atom is 0.327 e. The van der Waals surface area contributed by atoms with Gasteiger partial charge in [0, 0.05) is 25.7 Å². The van der Waals surface area contributed by atoms with Gasteiger partial charge in [-0.25, -0.2) is 16.8 Å². The molecule has 3 rings (SSSR count). The number of ether oxygens (including phenoxy) is 4. The summed E-state index contributed by atoms with van der Waals surface area (Å²) in [6.07, 6.45) is 4.79. The molecule has 0 unspecified atom stereocenters. The first-order valence-corrected chi connectivity index (χ1v) is 16.6. The molecule has 13 heteroatoms. The van der Waals surface area contributed by atoms with E-state index in [9.17, 15) is 31.2 Å². The maximum atomic E-state index is 14.7. The lowest BCUT2D eigenvalue weighted by Crippen LogP contribution is -2.60. The smallest absolute Gasteiger partial charge is 0.327 e. The lowest BCUT2D eigenvalue weighted by atomic mass is 9.76. The van der Waals surface area contributed by atoms with Gasteiger partial charge in [-0.05, 0) is 24.3 Å². The molecule has 1 aliphatic heterocycles. The second-order valence-electron chi connectivity index (χ2n) is 10.1. The summed E-state index contributed by atoms with van der Waals surface area (Å²) in [4.78, 5) is 37.6. The van der Waals surface area contributed by atoms with E-state index in [4.69, 9.17) is 25.4 Å². The van der Waals surface area contributed by atoms with E-state index in [-0.39, 0.29) is 9.79 Å². The Morgan fingerprint density at radius 2 is 1.40 bits per heavy atom. The third-order valence-electron chi connectivity index (χ3n) is 7.59. The molecule has 0 radical (unpaired) electrons. The van der Waals surface area contributed by atoms with Gasteiger partial charge in [0.05, 0.1) is 24.0 Å². The van der Waals surface area contributed by atoms with Crippen molar-refractivity contribution in [2.75, 3.05) is 20.8 Å². The highest BCUT2D eigenvalue weighted by Crippen LogP contribution is 2.49. The van der Waals surface area contributed by atoms with Crippen LogP contribution in [-0.4, -0.2) is 71.9 Å². The first-order valence-electron chi connectivity index (χ1n) is 13.6. The number of hydrogen-bond acceptors (Lipinski definition) is 11. The number of carbonyl (C=O) groups excluding carboxylic acids is 3. The molecule has 0 saturated carbocycles. The van der Waals surface area contributed by atoms with Gasteiger partial charge in [-0.15, -0.1) is 18.9 Å². The van der Waals surface area contributed by atoms with Crippen LogP contribution in [0.15, 0.2) is 95.3 Å². The highest BCUT2D eigenvalue weighted by Gasteiger charge is 2.64. The third-order valence-corrected chi connectivity index (χ3v) is 13.4. The highest BCUT2D eigenvalue weighted by molar-refractivity contribution is 8.10. The summed E-state index contributed by atoms with van der Waals surface area (Å²) in [6.45, 7) is 4.11. The van der Waals surface area contributed by atoms with Gasteiger partial charge in [0.25, 0.3) is 0 Å². The Balaban J connectivity index is 2.46. The second-order valence-corrected chi connectivity index (χ2v) is 14.8. The average molecular weight is 659 g/mol. The van der Waals surface area contributed by atoms with Crippen molar-refractivity contribution in [3.63, 3.8) is 0 Å². The Morgan fingerprint density at radius 1 is 0.911 bits per heavy atom. The monoisotopic (exact) mass is 658 g/mol. The van der Waals surface area contributed by atoms with Gasteiger partial charge in [-0.1, -0.05) is 54.6 Å². The van der Waals surface area contributed by atoms with Gasteiger partial charge in [0.15, 0.2) is 23.8 Å². The largest absolute Gasteiger partial charge is 0.468 e. The average Bonchev–Trinajstić information content (AvgIpc) is 3.05. The summed E-state index contributed by atoms with van der Waals surface area (Å²) >= 11 is 0. The number of carbonyl (C=O) groups is 3. The van der Waals surface area contributed by atoms with Crippen LogP contribution in [0.1, 0.15) is 19.8 Å². The van der Waals surface area contributed by atoms with E-state index >= 15 is 0 Å². The first kappa shape index (κ1) is 35.2. The molecule has 3 atom stereocenters. The third kappa shape index (κ3) is 6.18. The minimum Gasteiger partial charge on any atom is -0.468 e. The number of sulfone groups is 2. The van der Waals surface area contributed by atoms with Crippen molar-refractivity contribution in [3.05, 3.63) is 85.5 Å². The SMILES string of the molecule is C#CCC(C(=O)OC)(C(=O)OC)[C@@H]1C=C[C@H](C(CC=C)(S(=O)(=O)c2ccccc2)S(=O)(=O)c2ccccc2)[C@@H](COC(C)=O)O1. The van der Waals surface area contributed by atoms with Crippen LogP contribution in [0.3, 0.4) is 0 Å². The molecule has 0 bridgehead atoms. The van der Waals surface area contributed by atoms with E-state index in [0.717, 1.165) is 27.2 Å². The summed E-state index contributed by atoms with van der Waals surface area (Å²) in [5, 5.41) is 0. The van der Waals surface area contributed by atoms with Crippen LogP contribution in [0.5, 0.6) is 0 Å². The number of allylic oxidation sites excluding steroid dienone is 1. The molecule has 0 saturated heterocycles. The van der Waals surface area contributed by atoms with E-state index in [2.05, 4.69) is 12.5 Å². The fraction of sp³-hybridized carbons (Fsp3) is 0.344. The predicted octanol–water partition coefficient (Wildman–Crippen LogP) is 3.07. The molecule has 45 heavy (non-hydrogen) atoms. The number of rotatable bonds is 13. The van der Waals surface area contributed by atoms with Crippen molar-refractivity contribution < 1.29 is 50.2 Å². The first-order chi connectivity index (χ1) is 21.3. The molecule has 0 N–H and O–H groups in total. The Kier molecular flexibility index (Phi) is 11.1. The van der Waals surface area contributed by atoms with Crippen LogP contribution in [0.2, 0.25) is 0 Å². The van der Waals surface area contributed by atoms with Gasteiger partial charge >= 0.3 is 17.9 Å². The van der Waals surface area contributed by atoms with Gasteiger partial charge < -0.3 is 18.9 Å². The number of terminal acetylenes is 1. The maximum absolute atomic E-state index is 14.7. The van der Waals surface area contributed by atoms with Crippen molar-refractivity contribution in [1.82, 2.24) is 0 Å². The molecule has 2 aromatic rings. The van der Waals surface area contributed by atoms with Crippen LogP contribution in [-0.2, 0) is 53.0 Å². The fourth-order valence-electron chi connectivity index (χ4n) is 5.46. The van der Waals surface area contributed by atoms with Crippen LogP contribution in [0.4, 0.5) is 0 Å². The minimum atomic E-state index is -4.85. The van der Waals surface area contributed by atoms with E-state index in [1.807, 2.05) is 0 Å². The topological polar surface area (TPSA) is 156 Å². The van der Waals surface area contributed by atoms with E-state index < -0.39 is 84.7 Å². The standard InChI is InChI=1S/C32H34O11S2/c1-6-20-31(29(34)40-4,30(35)41-5)28-19-18-26(27(43-28)22-42-23(3)33)32(21-7-2,44(36,37)24-14-10-8-11-15-24)45(38,39)25-16-12-9-13-17-25/h1,7-19,26-28H,2,20-22H2,3-5H3/t26-,27+,28-/m0/s1. The number of benzene rings is 2. The van der Waals surface area contributed by atoms with Gasteiger partial charge in [0.2, 0.25) is 5.41 Å². The lowest BCUT2D eigenvalue weighted by Gasteiger charge is -2.45. The lowest BCUT2D eigenvalue weighted by molar-refractivity contribution is -0.186. The molecule has 2 aromatic carbocycles. The van der Waals surface area contributed by atoms with E-state index in [1.165, 1.54) is 60.7 Å². The Hall–Kier alpha value is -4.25. The summed E-state index contributed by atoms with van der Waals surface area (Å²) in [5.74, 6) is -2.36. The molecule has 0 aromatic heterocycles. The van der Waals surface area contributed by atoms with Gasteiger partial charge in [0.1, 0.15) is 18.8 Å². The van der Waals surface area contributed by atoms with Crippen molar-refractivity contribution in [2.24, 2.45) is 11.3 Å². The molecule has 0 spiro atoms. The van der Waals surface area contributed by atoms with Crippen molar-refractivity contribution >= 4 is 37.6 Å². The molecule has 11 nitrogen and oxygen atoms in total. The predicted molar refractivity (Wildman–Crippen MR) is 163 cm³/mol. The zero-order valence-electron chi connectivity index (χ0n) is 25.0. The molecule has 0 aliphatic carbocycles. The normalized spacial score (nSPS) is 18.7. The van der Waals surface area contributed by atoms with Crippen LogP contribution in [0, 0.1) is 23.7 Å². The molecule has 1 heterocycles. The van der Waals surface area contributed by atoms with Gasteiger partial charge in [-0.3, -0.25) is 14.4 Å². The summed E-state index contributed by atoms with van der Waals surface area (Å²) in [5.41, 5.74) is -2.27. The highest BCUT2D eigenvalue weighted by atomic mass is 32.3. The molecule has 0 amide bonds. The van der Waals surface area contributed by atoms with Crippen molar-refractivity contribution in [3.8, 4) is 12.3 Å². The van der Waals surface area contributed by atoms with Crippen molar-refractivity contribution in [1.29, 1.82) is 0 Å². The molecule has 240 valence electrons. The van der Waals surface area contributed by atoms with Gasteiger partial charge in [-0.2, -0.15) is 0 Å². The Bertz CT molecular complexity index is 1600.